The number of nitrogens with zero attached hydrogens (tertiary/aromatic N) is 3. The Bertz CT molecular complexity index is 1250. The standard InChI is InChI=1S/C21H21N3O6S/c1-20(19(26)23-27,31(2,28)29)9-10-24-12-17-11-16(6-7-18(17)22-24)5-3-4-8-21(13-25)14-30-15-21/h6-7,11-12,25H,9-10,13-15H2,1-2H3. The highest BCUT2D eigenvalue weighted by molar-refractivity contribution is 7.92. The third-order valence-electron chi connectivity index (χ3n) is 5.38. The molecule has 9 nitrogen and oxygen atoms in total. The quantitative estimate of drug-likeness (QED) is 0.519. The highest BCUT2D eigenvalue weighted by Gasteiger charge is 2.44. The number of carbonyl (C=O) groups is 1. The third kappa shape index (κ3) is 4.67. The lowest BCUT2D eigenvalue weighted by molar-refractivity contribution is -0.120. The average Bonchev–Trinajstić information content (AvgIpc) is 3.11. The van der Waals surface area contributed by atoms with Crippen LogP contribution in [0.15, 0.2) is 29.6 Å². The minimum absolute atomic E-state index is 0.0697. The minimum Gasteiger partial charge on any atom is -0.395 e. The summed E-state index contributed by atoms with van der Waals surface area (Å²) in [5, 5.41) is 16.8. The minimum atomic E-state index is -3.84. The Morgan fingerprint density at radius 1 is 1.39 bits per heavy atom. The van der Waals surface area contributed by atoms with Crippen molar-refractivity contribution in [2.75, 3.05) is 26.1 Å². The van der Waals surface area contributed by atoms with E-state index in [2.05, 4.69) is 34.0 Å². The molecule has 1 fully saturated rings. The first kappa shape index (κ1) is 22.6. The Morgan fingerprint density at radius 2 is 2.13 bits per heavy atom. The zero-order valence-electron chi connectivity index (χ0n) is 17.1. The van der Waals surface area contributed by atoms with E-state index in [0.717, 1.165) is 11.6 Å². The van der Waals surface area contributed by atoms with Crippen LogP contribution in [0.25, 0.3) is 10.9 Å². The molecular weight excluding hydrogens is 422 g/mol. The van der Waals surface area contributed by atoms with Crippen molar-refractivity contribution in [3.63, 3.8) is 0 Å². The van der Waals surface area contributed by atoms with Gasteiger partial charge in [0, 0.05) is 35.1 Å². The fourth-order valence-electron chi connectivity index (χ4n) is 2.96. The van der Waals surface area contributed by atoms with Crippen molar-refractivity contribution in [2.45, 2.75) is 24.6 Å². The van der Waals surface area contributed by atoms with Crippen LogP contribution in [0.2, 0.25) is 0 Å². The molecule has 1 amide bonds. The second-order valence-corrected chi connectivity index (χ2v) is 10.2. The summed E-state index contributed by atoms with van der Waals surface area (Å²) in [6.45, 7) is 2.03. The van der Waals surface area contributed by atoms with Gasteiger partial charge in [-0.1, -0.05) is 11.8 Å². The van der Waals surface area contributed by atoms with Crippen LogP contribution in [0.3, 0.4) is 0 Å². The number of sulfone groups is 1. The van der Waals surface area contributed by atoms with Crippen molar-refractivity contribution < 1.29 is 23.1 Å². The van der Waals surface area contributed by atoms with Crippen molar-refractivity contribution in [1.82, 2.24) is 9.78 Å². The van der Waals surface area contributed by atoms with Gasteiger partial charge in [0.15, 0.2) is 14.6 Å². The fraction of sp³-hybridized carbons (Fsp3) is 0.429. The molecule has 3 rings (SSSR count). The summed E-state index contributed by atoms with van der Waals surface area (Å²) < 4.78 is 28.7. The molecule has 2 heterocycles. The molecular formula is C21H21N3O6S. The predicted octanol–water partition coefficient (Wildman–Crippen LogP) is 0.886. The lowest BCUT2D eigenvalue weighted by atomic mass is 9.88. The highest BCUT2D eigenvalue weighted by atomic mass is 32.2. The van der Waals surface area contributed by atoms with Gasteiger partial charge in [-0.15, -0.1) is 4.91 Å². The number of hydrogen-bond acceptors (Lipinski definition) is 7. The smallest absolute Gasteiger partial charge is 0.307 e. The second-order valence-electron chi connectivity index (χ2n) is 7.75. The summed E-state index contributed by atoms with van der Waals surface area (Å²) in [7, 11) is -3.84. The molecule has 2 aromatic rings. The maximum atomic E-state index is 12.0. The van der Waals surface area contributed by atoms with Gasteiger partial charge in [0.1, 0.15) is 5.41 Å². The lowest BCUT2D eigenvalue weighted by Crippen LogP contribution is -2.44. The van der Waals surface area contributed by atoms with Gasteiger partial charge in [0.2, 0.25) is 0 Å². The summed E-state index contributed by atoms with van der Waals surface area (Å²) in [6.07, 6.45) is 2.48. The largest absolute Gasteiger partial charge is 0.395 e. The van der Waals surface area contributed by atoms with E-state index in [1.807, 2.05) is 6.07 Å². The Balaban J connectivity index is 1.76. The number of benzene rings is 1. The monoisotopic (exact) mass is 443 g/mol. The van der Waals surface area contributed by atoms with Gasteiger partial charge in [0.05, 0.1) is 25.3 Å². The first-order valence-corrected chi connectivity index (χ1v) is 11.3. The van der Waals surface area contributed by atoms with Crippen LogP contribution in [0, 0.1) is 34.0 Å². The molecule has 0 bridgehead atoms. The van der Waals surface area contributed by atoms with E-state index in [-0.39, 0.29) is 19.6 Å². The van der Waals surface area contributed by atoms with Gasteiger partial charge in [-0.05, 0) is 43.4 Å². The van der Waals surface area contributed by atoms with Crippen LogP contribution >= 0.6 is 0 Å². The number of fused-ring (bicyclic) bond motifs is 1. The molecule has 0 spiro atoms. The summed E-state index contributed by atoms with van der Waals surface area (Å²) in [6, 6.07) is 5.37. The second kappa shape index (κ2) is 8.60. The number of aliphatic hydroxyl groups is 1. The van der Waals surface area contributed by atoms with Crippen molar-refractivity contribution in [2.24, 2.45) is 10.6 Å². The molecule has 1 aromatic carbocycles. The number of carbonyl (C=O) groups excluding carboxylic acids is 1. The summed E-state index contributed by atoms with van der Waals surface area (Å²) >= 11 is 0. The van der Waals surface area contributed by atoms with E-state index in [9.17, 15) is 23.2 Å². The van der Waals surface area contributed by atoms with Crippen molar-refractivity contribution in [3.8, 4) is 23.7 Å². The molecule has 162 valence electrons. The van der Waals surface area contributed by atoms with Crippen LogP contribution in [-0.2, 0) is 25.9 Å². The first-order chi connectivity index (χ1) is 14.6. The molecule has 1 unspecified atom stereocenters. The van der Waals surface area contributed by atoms with Crippen LogP contribution in [0.4, 0.5) is 0 Å². The van der Waals surface area contributed by atoms with E-state index in [1.54, 1.807) is 18.3 Å². The molecule has 1 saturated heterocycles. The first-order valence-electron chi connectivity index (χ1n) is 9.39. The summed E-state index contributed by atoms with van der Waals surface area (Å²) in [5.74, 6) is 10.2. The van der Waals surface area contributed by atoms with E-state index in [0.29, 0.717) is 24.3 Å². The molecule has 0 saturated carbocycles. The number of nitroso groups, excluding NO2 is 1. The molecule has 1 aliphatic rings. The van der Waals surface area contributed by atoms with Gasteiger partial charge in [-0.25, -0.2) is 8.42 Å². The summed E-state index contributed by atoms with van der Waals surface area (Å²) in [4.78, 5) is 22.5. The van der Waals surface area contributed by atoms with E-state index < -0.39 is 25.9 Å². The lowest BCUT2D eigenvalue weighted by Gasteiger charge is -2.34. The van der Waals surface area contributed by atoms with Crippen molar-refractivity contribution in [1.29, 1.82) is 0 Å². The Labute approximate surface area is 179 Å². The van der Waals surface area contributed by atoms with Gasteiger partial charge in [0.25, 0.3) is 0 Å². The van der Waals surface area contributed by atoms with Crippen molar-refractivity contribution in [3.05, 3.63) is 34.9 Å². The SMILES string of the molecule is CC(CCn1cc2cc(C#CC#CC3(CO)COC3)ccc2n1)(C(=O)N=O)S(C)(=O)=O. The summed E-state index contributed by atoms with van der Waals surface area (Å²) in [5.41, 5.74) is 0.870. The molecule has 1 aromatic heterocycles. The topological polar surface area (TPSA) is 128 Å². The van der Waals surface area contributed by atoms with Gasteiger partial charge >= 0.3 is 5.91 Å². The van der Waals surface area contributed by atoms with E-state index >= 15 is 0 Å². The van der Waals surface area contributed by atoms with E-state index in [1.165, 1.54) is 11.6 Å². The number of aliphatic hydroxyl groups excluding tert-OH is 1. The number of hydrogen-bond donors (Lipinski definition) is 1. The van der Waals surface area contributed by atoms with Gasteiger partial charge in [-0.2, -0.15) is 5.10 Å². The molecule has 10 heteroatoms. The highest BCUT2D eigenvalue weighted by Crippen LogP contribution is 2.25. The number of amides is 1. The van der Waals surface area contributed by atoms with Crippen LogP contribution in [0.1, 0.15) is 18.9 Å². The number of rotatable bonds is 6. The fourth-order valence-corrected chi connectivity index (χ4v) is 3.78. The van der Waals surface area contributed by atoms with Crippen LogP contribution in [-0.4, -0.2) is 60.0 Å². The maximum Gasteiger partial charge on any atom is 0.307 e. The average molecular weight is 443 g/mol. The Kier molecular flexibility index (Phi) is 6.27. The van der Waals surface area contributed by atoms with Crippen LogP contribution < -0.4 is 0 Å². The normalized spacial score (nSPS) is 16.7. The molecule has 1 atom stereocenters. The molecule has 0 radical (unpaired) electrons. The number of aryl methyl sites for hydroxylation is 1. The third-order valence-corrected chi connectivity index (χ3v) is 7.40. The van der Waals surface area contributed by atoms with Crippen LogP contribution in [0.5, 0.6) is 0 Å². The Hall–Kier alpha value is -3.05. The zero-order chi connectivity index (χ0) is 22.7. The number of ether oxygens (including phenoxy) is 1. The molecule has 0 aliphatic carbocycles. The Morgan fingerprint density at radius 3 is 2.71 bits per heavy atom. The molecule has 1 N–H and O–H groups in total. The number of aromatic nitrogens is 2. The van der Waals surface area contributed by atoms with Gasteiger partial charge in [-0.3, -0.25) is 9.48 Å². The zero-order valence-corrected chi connectivity index (χ0v) is 17.9. The van der Waals surface area contributed by atoms with Gasteiger partial charge < -0.3 is 9.84 Å². The van der Waals surface area contributed by atoms with Crippen molar-refractivity contribution >= 4 is 26.6 Å². The van der Waals surface area contributed by atoms with E-state index in [4.69, 9.17) is 4.74 Å². The maximum absolute atomic E-state index is 12.0. The molecule has 1 aliphatic heterocycles. The predicted molar refractivity (Wildman–Crippen MR) is 113 cm³/mol. The molecule has 31 heavy (non-hydrogen) atoms.